The number of alkyl halides is 3. The van der Waals surface area contributed by atoms with Gasteiger partial charge in [-0.1, -0.05) is 11.6 Å². The minimum atomic E-state index is -4.64. The molecule has 4 atom stereocenters. The molecule has 1 aliphatic heterocycles. The lowest BCUT2D eigenvalue weighted by Crippen LogP contribution is -2.54. The molecule has 3 saturated carbocycles. The van der Waals surface area contributed by atoms with E-state index in [0.29, 0.717) is 18.0 Å². The first-order valence-corrected chi connectivity index (χ1v) is 11.6. The summed E-state index contributed by atoms with van der Waals surface area (Å²) in [4.78, 5) is 32.9. The van der Waals surface area contributed by atoms with E-state index >= 15 is 0 Å². The van der Waals surface area contributed by atoms with Crippen molar-refractivity contribution in [2.45, 2.75) is 49.9 Å². The fourth-order valence-corrected chi connectivity index (χ4v) is 5.95. The second-order valence-corrected chi connectivity index (χ2v) is 9.95. The van der Waals surface area contributed by atoms with Crippen LogP contribution in [0.2, 0.25) is 5.15 Å². The number of carbonyl (C=O) groups excluding carboxylic acids is 2. The second kappa shape index (κ2) is 7.09. The van der Waals surface area contributed by atoms with Crippen LogP contribution in [0.4, 0.5) is 13.2 Å². The van der Waals surface area contributed by atoms with Gasteiger partial charge < -0.3 is 14.9 Å². The summed E-state index contributed by atoms with van der Waals surface area (Å²) in [7, 11) is 0. The van der Waals surface area contributed by atoms with Crippen LogP contribution < -0.4 is 0 Å². The molecule has 1 saturated heterocycles. The molecule has 6 rings (SSSR count). The number of piperazine rings is 1. The summed E-state index contributed by atoms with van der Waals surface area (Å²) in [6.45, 7) is 0.369. The number of hydrogen-bond donors (Lipinski definition) is 1. The van der Waals surface area contributed by atoms with Crippen molar-refractivity contribution >= 4 is 29.1 Å². The SMILES string of the molecule is O=C(c1nc2c(C(F)(F)F)cc(C3CC3)cn2c1Cl)N1CCN(C2C3CCC(O)C32)C(=O)C1. The van der Waals surface area contributed by atoms with Gasteiger partial charge in [0.25, 0.3) is 5.91 Å². The Kier molecular flexibility index (Phi) is 4.56. The average Bonchev–Trinajstić information content (AvgIpc) is 3.67. The van der Waals surface area contributed by atoms with Crippen molar-refractivity contribution < 1.29 is 27.9 Å². The zero-order chi connectivity index (χ0) is 23.2. The van der Waals surface area contributed by atoms with E-state index in [2.05, 4.69) is 4.98 Å². The molecule has 0 radical (unpaired) electrons. The lowest BCUT2D eigenvalue weighted by Gasteiger charge is -2.35. The summed E-state index contributed by atoms with van der Waals surface area (Å²) in [6.07, 6.45) is -0.227. The van der Waals surface area contributed by atoms with Gasteiger partial charge >= 0.3 is 6.18 Å². The lowest BCUT2D eigenvalue weighted by molar-refractivity contribution is -0.137. The Hall–Kier alpha value is -2.33. The van der Waals surface area contributed by atoms with Crippen LogP contribution in [0.15, 0.2) is 12.3 Å². The smallest absolute Gasteiger partial charge is 0.393 e. The highest BCUT2D eigenvalue weighted by atomic mass is 35.5. The summed E-state index contributed by atoms with van der Waals surface area (Å²) in [5.74, 6) is -0.396. The average molecular weight is 483 g/mol. The Morgan fingerprint density at radius 1 is 1.18 bits per heavy atom. The van der Waals surface area contributed by atoms with Crippen LogP contribution in [0, 0.1) is 11.8 Å². The summed E-state index contributed by atoms with van der Waals surface area (Å²) < 4.78 is 42.3. The van der Waals surface area contributed by atoms with Gasteiger partial charge in [-0.25, -0.2) is 4.98 Å². The molecule has 4 aliphatic rings. The Labute approximate surface area is 192 Å². The molecular formula is C22H22ClF3N4O3. The number of pyridine rings is 1. The van der Waals surface area contributed by atoms with E-state index in [1.165, 1.54) is 11.1 Å². The monoisotopic (exact) mass is 482 g/mol. The predicted octanol–water partition coefficient (Wildman–Crippen LogP) is 2.94. The topological polar surface area (TPSA) is 78.2 Å². The van der Waals surface area contributed by atoms with Gasteiger partial charge in [0.2, 0.25) is 5.91 Å². The number of carbonyl (C=O) groups is 2. The molecule has 11 heteroatoms. The molecule has 4 fully saturated rings. The van der Waals surface area contributed by atoms with Crippen molar-refractivity contribution in [1.29, 1.82) is 0 Å². The molecule has 4 unspecified atom stereocenters. The van der Waals surface area contributed by atoms with E-state index in [9.17, 15) is 27.9 Å². The van der Waals surface area contributed by atoms with Crippen molar-refractivity contribution in [1.82, 2.24) is 19.2 Å². The van der Waals surface area contributed by atoms with Gasteiger partial charge in [0.1, 0.15) is 11.7 Å². The first-order chi connectivity index (χ1) is 15.6. The summed E-state index contributed by atoms with van der Waals surface area (Å²) in [5.41, 5.74) is -1.10. The maximum absolute atomic E-state index is 13.7. The van der Waals surface area contributed by atoms with Crippen molar-refractivity contribution in [3.63, 3.8) is 0 Å². The highest BCUT2D eigenvalue weighted by Crippen LogP contribution is 2.55. The van der Waals surface area contributed by atoms with Crippen LogP contribution in [0.1, 0.15) is 53.2 Å². The molecule has 0 spiro atoms. The molecule has 7 nitrogen and oxygen atoms in total. The van der Waals surface area contributed by atoms with Gasteiger partial charge in [0, 0.05) is 31.2 Å². The van der Waals surface area contributed by atoms with Crippen LogP contribution in [-0.4, -0.2) is 67.9 Å². The first kappa shape index (κ1) is 21.2. The van der Waals surface area contributed by atoms with Crippen LogP contribution in [0.5, 0.6) is 0 Å². The minimum Gasteiger partial charge on any atom is -0.393 e. The Morgan fingerprint density at radius 2 is 1.94 bits per heavy atom. The number of amides is 2. The van der Waals surface area contributed by atoms with Crippen LogP contribution in [0.3, 0.4) is 0 Å². The van der Waals surface area contributed by atoms with Gasteiger partial charge in [-0.3, -0.25) is 14.0 Å². The molecule has 0 bridgehead atoms. The van der Waals surface area contributed by atoms with E-state index in [1.54, 1.807) is 4.90 Å². The number of fused-ring (bicyclic) bond motifs is 2. The van der Waals surface area contributed by atoms with Gasteiger partial charge in [-0.15, -0.1) is 0 Å². The summed E-state index contributed by atoms with van der Waals surface area (Å²) >= 11 is 6.36. The molecule has 33 heavy (non-hydrogen) atoms. The fraction of sp³-hybridized carbons (Fsp3) is 0.591. The van der Waals surface area contributed by atoms with Crippen molar-refractivity contribution in [3.8, 4) is 0 Å². The number of rotatable bonds is 3. The number of halogens is 4. The first-order valence-electron chi connectivity index (χ1n) is 11.2. The van der Waals surface area contributed by atoms with E-state index in [0.717, 1.165) is 36.2 Å². The fourth-order valence-electron chi connectivity index (χ4n) is 5.70. The van der Waals surface area contributed by atoms with Crippen LogP contribution in [0.25, 0.3) is 5.65 Å². The van der Waals surface area contributed by atoms with E-state index in [1.807, 2.05) is 0 Å². The number of aliphatic hydroxyl groups is 1. The molecular weight excluding hydrogens is 461 g/mol. The highest BCUT2D eigenvalue weighted by molar-refractivity contribution is 6.33. The molecule has 176 valence electrons. The number of hydrogen-bond acceptors (Lipinski definition) is 4. The summed E-state index contributed by atoms with van der Waals surface area (Å²) in [5, 5.41) is 9.86. The lowest BCUT2D eigenvalue weighted by atomic mass is 10.1. The zero-order valence-electron chi connectivity index (χ0n) is 17.6. The molecule has 2 amide bonds. The second-order valence-electron chi connectivity index (χ2n) is 9.59. The normalized spacial score (nSPS) is 29.7. The number of imidazole rings is 1. The van der Waals surface area contributed by atoms with Crippen LogP contribution >= 0.6 is 11.6 Å². The maximum atomic E-state index is 13.7. The molecule has 1 N–H and O–H groups in total. The number of aromatic nitrogens is 2. The molecule has 2 aromatic heterocycles. The van der Waals surface area contributed by atoms with E-state index in [-0.39, 0.29) is 53.8 Å². The Balaban J connectivity index is 1.27. The minimum absolute atomic E-state index is 0.0208. The molecule has 2 aromatic rings. The zero-order valence-corrected chi connectivity index (χ0v) is 18.3. The van der Waals surface area contributed by atoms with E-state index in [4.69, 9.17) is 11.6 Å². The quantitative estimate of drug-likeness (QED) is 0.729. The standard InChI is InChI=1S/C22H22ClF3N4O3/c23-19-17(27-20-13(22(24,25)26)7-11(8-30(19)20)10-1-2-10)21(33)28-5-6-29(15(32)9-28)18-12-3-4-14(31)16(12)18/h7-8,10,12,14,16,18,31H,1-6,9H2. The predicted molar refractivity (Wildman–Crippen MR) is 111 cm³/mol. The van der Waals surface area contributed by atoms with Gasteiger partial charge in [0.05, 0.1) is 11.7 Å². The van der Waals surface area contributed by atoms with Gasteiger partial charge in [0.15, 0.2) is 11.3 Å². The van der Waals surface area contributed by atoms with Crippen LogP contribution in [-0.2, 0) is 11.0 Å². The van der Waals surface area contributed by atoms with Crippen molar-refractivity contribution in [2.24, 2.45) is 11.8 Å². The third-order valence-corrected chi connectivity index (χ3v) is 7.93. The maximum Gasteiger partial charge on any atom is 0.419 e. The Bertz CT molecular complexity index is 1180. The van der Waals surface area contributed by atoms with E-state index < -0.39 is 23.3 Å². The number of nitrogens with zero attached hydrogens (tertiary/aromatic N) is 4. The number of aliphatic hydroxyl groups excluding tert-OH is 1. The van der Waals surface area contributed by atoms with Gasteiger partial charge in [-0.05, 0) is 49.1 Å². The van der Waals surface area contributed by atoms with Crippen molar-refractivity contribution in [2.75, 3.05) is 19.6 Å². The summed E-state index contributed by atoms with van der Waals surface area (Å²) in [6, 6.07) is 1.11. The van der Waals surface area contributed by atoms with Crippen molar-refractivity contribution in [3.05, 3.63) is 34.2 Å². The molecule has 3 heterocycles. The molecule has 0 aromatic carbocycles. The highest BCUT2D eigenvalue weighted by Gasteiger charge is 2.61. The molecule has 3 aliphatic carbocycles. The largest absolute Gasteiger partial charge is 0.419 e. The third-order valence-electron chi connectivity index (χ3n) is 7.57. The van der Waals surface area contributed by atoms with Gasteiger partial charge in [-0.2, -0.15) is 13.2 Å². The Morgan fingerprint density at radius 3 is 2.55 bits per heavy atom. The third kappa shape index (κ3) is 3.32.